The number of methoxy groups -OCH3 is 1. The summed E-state index contributed by atoms with van der Waals surface area (Å²) in [6.45, 7) is 0. The molecule has 0 radical (unpaired) electrons. The van der Waals surface area contributed by atoms with Crippen LogP contribution in [0.5, 0.6) is 11.5 Å². The number of hydrogen-bond donors (Lipinski definition) is 2. The van der Waals surface area contributed by atoms with Gasteiger partial charge in [-0.3, -0.25) is 0 Å². The zero-order chi connectivity index (χ0) is 16.9. The normalized spacial score (nSPS) is 17.0. The first-order valence-electron chi connectivity index (χ1n) is 8.50. The lowest BCUT2D eigenvalue weighted by molar-refractivity contribution is 0.197. The fourth-order valence-electron chi connectivity index (χ4n) is 3.53. The topological polar surface area (TPSA) is 49.7 Å². The molecule has 0 spiro atoms. The highest BCUT2D eigenvalue weighted by molar-refractivity contribution is 5.57. The smallest absolute Gasteiger partial charge is 0.128 e. The third kappa shape index (κ3) is 3.62. The Morgan fingerprint density at radius 1 is 1.12 bits per heavy atom. The van der Waals surface area contributed by atoms with Gasteiger partial charge in [-0.25, -0.2) is 0 Å². The van der Waals surface area contributed by atoms with Crippen LogP contribution in [0.1, 0.15) is 42.9 Å². The lowest BCUT2D eigenvalue weighted by Gasteiger charge is -2.23. The molecular weight excluding hydrogens is 300 g/mol. The van der Waals surface area contributed by atoms with Gasteiger partial charge < -0.3 is 14.9 Å². The molecule has 0 aromatic heterocycles. The van der Waals surface area contributed by atoms with Gasteiger partial charge in [0, 0.05) is 11.6 Å². The molecule has 126 valence electrons. The van der Waals surface area contributed by atoms with E-state index in [1.807, 2.05) is 18.2 Å². The third-order valence-corrected chi connectivity index (χ3v) is 4.79. The van der Waals surface area contributed by atoms with Crippen LogP contribution in [0.2, 0.25) is 0 Å². The van der Waals surface area contributed by atoms with Crippen molar-refractivity contribution in [1.29, 1.82) is 0 Å². The van der Waals surface area contributed by atoms with Gasteiger partial charge in [0.25, 0.3) is 0 Å². The van der Waals surface area contributed by atoms with Crippen LogP contribution in [0, 0.1) is 5.92 Å². The van der Waals surface area contributed by atoms with Crippen molar-refractivity contribution in [3.63, 3.8) is 0 Å². The minimum absolute atomic E-state index is 0.136. The largest absolute Gasteiger partial charge is 0.508 e. The van der Waals surface area contributed by atoms with Gasteiger partial charge in [0.1, 0.15) is 17.6 Å². The van der Waals surface area contributed by atoms with E-state index in [1.165, 1.54) is 12.8 Å². The van der Waals surface area contributed by atoms with Crippen LogP contribution in [0.15, 0.2) is 54.1 Å². The van der Waals surface area contributed by atoms with Crippen LogP contribution in [-0.2, 0) is 0 Å². The Labute approximate surface area is 143 Å². The molecule has 1 fully saturated rings. The van der Waals surface area contributed by atoms with E-state index in [2.05, 4.69) is 18.2 Å². The standard InChI is InChI=1S/C21H24O3/c1-24-20-14-17(22)11-12-18(20)21(23)19(16-9-5-6-10-16)13-15-7-3-2-4-8-15/h2-4,7-8,11-14,16,21-23H,5-6,9-10H2,1H3/b19-13+. The number of aliphatic hydroxyl groups excluding tert-OH is 1. The van der Waals surface area contributed by atoms with Gasteiger partial charge in [-0.2, -0.15) is 0 Å². The lowest BCUT2D eigenvalue weighted by Crippen LogP contribution is -2.10. The number of benzene rings is 2. The summed E-state index contributed by atoms with van der Waals surface area (Å²) in [5, 5.41) is 20.7. The summed E-state index contributed by atoms with van der Waals surface area (Å²) in [6.07, 6.45) is 6.00. The minimum atomic E-state index is -0.733. The highest BCUT2D eigenvalue weighted by Crippen LogP contribution is 2.41. The molecule has 2 aromatic carbocycles. The molecule has 1 aliphatic rings. The molecule has 0 saturated heterocycles. The maximum absolute atomic E-state index is 11.1. The fraction of sp³-hybridized carbons (Fsp3) is 0.333. The Morgan fingerprint density at radius 3 is 2.50 bits per heavy atom. The maximum Gasteiger partial charge on any atom is 0.128 e. The van der Waals surface area contributed by atoms with Crippen molar-refractivity contribution in [1.82, 2.24) is 0 Å². The molecule has 3 heteroatoms. The van der Waals surface area contributed by atoms with Gasteiger partial charge >= 0.3 is 0 Å². The SMILES string of the molecule is COc1cc(O)ccc1C(O)/C(=C/c1ccccc1)C1CCCC1. The monoisotopic (exact) mass is 324 g/mol. The van der Waals surface area contributed by atoms with Crippen molar-refractivity contribution in [3.8, 4) is 11.5 Å². The number of phenols is 1. The Bertz CT molecular complexity index is 700. The molecule has 24 heavy (non-hydrogen) atoms. The number of aromatic hydroxyl groups is 1. The Hall–Kier alpha value is -2.26. The first kappa shape index (κ1) is 16.6. The summed E-state index contributed by atoms with van der Waals surface area (Å²) in [7, 11) is 1.56. The first-order valence-corrected chi connectivity index (χ1v) is 8.50. The number of hydrogen-bond acceptors (Lipinski definition) is 3. The lowest BCUT2D eigenvalue weighted by atomic mass is 9.87. The van der Waals surface area contributed by atoms with E-state index >= 15 is 0 Å². The Kier molecular flexibility index (Phi) is 5.21. The van der Waals surface area contributed by atoms with Gasteiger partial charge in [0.2, 0.25) is 0 Å². The molecule has 1 atom stereocenters. The second-order valence-corrected chi connectivity index (χ2v) is 6.37. The van der Waals surface area contributed by atoms with Crippen molar-refractivity contribution < 1.29 is 14.9 Å². The molecule has 0 bridgehead atoms. The van der Waals surface area contributed by atoms with Gasteiger partial charge in [-0.1, -0.05) is 49.2 Å². The van der Waals surface area contributed by atoms with Crippen molar-refractivity contribution in [2.24, 2.45) is 5.92 Å². The predicted molar refractivity (Wildman–Crippen MR) is 96.0 cm³/mol. The number of rotatable bonds is 5. The van der Waals surface area contributed by atoms with E-state index in [9.17, 15) is 10.2 Å². The zero-order valence-electron chi connectivity index (χ0n) is 14.0. The average molecular weight is 324 g/mol. The molecular formula is C21H24O3. The van der Waals surface area contributed by atoms with E-state index in [4.69, 9.17) is 4.74 Å². The minimum Gasteiger partial charge on any atom is -0.508 e. The summed E-state index contributed by atoms with van der Waals surface area (Å²) in [4.78, 5) is 0. The van der Waals surface area contributed by atoms with Gasteiger partial charge in [-0.15, -0.1) is 0 Å². The molecule has 0 heterocycles. The zero-order valence-corrected chi connectivity index (χ0v) is 14.0. The van der Waals surface area contributed by atoms with E-state index < -0.39 is 6.10 Å². The van der Waals surface area contributed by atoms with Crippen molar-refractivity contribution in [3.05, 3.63) is 65.2 Å². The van der Waals surface area contributed by atoms with E-state index in [1.54, 1.807) is 25.3 Å². The van der Waals surface area contributed by atoms with Crippen LogP contribution < -0.4 is 4.74 Å². The van der Waals surface area contributed by atoms with Crippen LogP contribution in [0.25, 0.3) is 6.08 Å². The Morgan fingerprint density at radius 2 is 1.83 bits per heavy atom. The van der Waals surface area contributed by atoms with Gasteiger partial charge in [0.15, 0.2) is 0 Å². The quantitative estimate of drug-likeness (QED) is 0.837. The molecule has 2 aromatic rings. The van der Waals surface area contributed by atoms with Crippen LogP contribution >= 0.6 is 0 Å². The van der Waals surface area contributed by atoms with Gasteiger partial charge in [0.05, 0.1) is 7.11 Å². The van der Waals surface area contributed by atoms with Crippen LogP contribution in [0.4, 0.5) is 0 Å². The highest BCUT2D eigenvalue weighted by atomic mass is 16.5. The number of ether oxygens (including phenoxy) is 1. The number of aliphatic hydroxyl groups is 1. The third-order valence-electron chi connectivity index (χ3n) is 4.79. The van der Waals surface area contributed by atoms with E-state index in [-0.39, 0.29) is 5.75 Å². The van der Waals surface area contributed by atoms with E-state index in [0.29, 0.717) is 17.2 Å². The molecule has 0 amide bonds. The van der Waals surface area contributed by atoms with Crippen LogP contribution in [0.3, 0.4) is 0 Å². The summed E-state index contributed by atoms with van der Waals surface area (Å²) in [5.74, 6) is 1.04. The predicted octanol–water partition coefficient (Wildman–Crippen LogP) is 4.71. The molecule has 3 nitrogen and oxygen atoms in total. The van der Waals surface area contributed by atoms with E-state index in [0.717, 1.165) is 24.0 Å². The second-order valence-electron chi connectivity index (χ2n) is 6.37. The van der Waals surface area contributed by atoms with Crippen molar-refractivity contribution in [2.75, 3.05) is 7.11 Å². The average Bonchev–Trinajstić information content (AvgIpc) is 3.14. The molecule has 3 rings (SSSR count). The molecule has 2 N–H and O–H groups in total. The maximum atomic E-state index is 11.1. The second kappa shape index (κ2) is 7.54. The summed E-state index contributed by atoms with van der Waals surface area (Å²) < 4.78 is 5.36. The molecule has 0 aliphatic heterocycles. The molecule has 1 aliphatic carbocycles. The highest BCUT2D eigenvalue weighted by Gasteiger charge is 2.27. The fourth-order valence-corrected chi connectivity index (χ4v) is 3.53. The summed E-state index contributed by atoms with van der Waals surface area (Å²) in [6, 6.07) is 15.0. The Balaban J connectivity index is 2.00. The van der Waals surface area contributed by atoms with Crippen LogP contribution in [-0.4, -0.2) is 17.3 Å². The van der Waals surface area contributed by atoms with Crippen molar-refractivity contribution >= 4 is 6.08 Å². The van der Waals surface area contributed by atoms with Gasteiger partial charge in [-0.05, 0) is 42.0 Å². The number of phenolic OH excluding ortho intramolecular Hbond substituents is 1. The van der Waals surface area contributed by atoms with Crippen molar-refractivity contribution in [2.45, 2.75) is 31.8 Å². The molecule has 1 saturated carbocycles. The first-order chi connectivity index (χ1) is 11.7. The summed E-state index contributed by atoms with van der Waals surface area (Å²) in [5.41, 5.74) is 2.82. The molecule has 1 unspecified atom stereocenters. The summed E-state index contributed by atoms with van der Waals surface area (Å²) >= 11 is 0.